The predicted molar refractivity (Wildman–Crippen MR) is 100 cm³/mol. The summed E-state index contributed by atoms with van der Waals surface area (Å²) in [6, 6.07) is 0.201. The molecule has 0 bridgehead atoms. The fraction of sp³-hybridized carbons (Fsp3) is 0.933. The molecule has 0 aromatic heterocycles. The average Bonchev–Trinajstić information content (AvgIpc) is 2.36. The van der Waals surface area contributed by atoms with Crippen LogP contribution < -0.4 is 11.1 Å². The van der Waals surface area contributed by atoms with Crippen LogP contribution in [0.1, 0.15) is 33.6 Å². The Morgan fingerprint density at radius 2 is 2.14 bits per heavy atom. The van der Waals surface area contributed by atoms with Crippen LogP contribution >= 0.6 is 24.0 Å². The quantitative estimate of drug-likeness (QED) is 0.381. The van der Waals surface area contributed by atoms with Crippen molar-refractivity contribution < 1.29 is 4.74 Å². The zero-order valence-electron chi connectivity index (χ0n) is 14.0. The monoisotopic (exact) mass is 412 g/mol. The molecule has 3 N–H and O–H groups in total. The minimum Gasteiger partial charge on any atom is -0.383 e. The van der Waals surface area contributed by atoms with E-state index < -0.39 is 0 Å². The molecule has 1 saturated heterocycles. The van der Waals surface area contributed by atoms with E-state index in [1.807, 2.05) is 6.92 Å². The first-order valence-electron chi connectivity index (χ1n) is 7.79. The maximum Gasteiger partial charge on any atom is 0.188 e. The molecule has 1 rings (SSSR count). The summed E-state index contributed by atoms with van der Waals surface area (Å²) in [7, 11) is 1.69. The Bertz CT molecular complexity index is 299. The fourth-order valence-electron chi connectivity index (χ4n) is 2.80. The van der Waals surface area contributed by atoms with Gasteiger partial charge in [-0.1, -0.05) is 13.8 Å². The Morgan fingerprint density at radius 1 is 1.43 bits per heavy atom. The lowest BCUT2D eigenvalue weighted by atomic mass is 9.97. The van der Waals surface area contributed by atoms with Crippen molar-refractivity contribution in [3.63, 3.8) is 0 Å². The van der Waals surface area contributed by atoms with Crippen molar-refractivity contribution in [2.45, 2.75) is 39.7 Å². The lowest BCUT2D eigenvalue weighted by Crippen LogP contribution is -2.42. The molecule has 6 heteroatoms. The summed E-state index contributed by atoms with van der Waals surface area (Å²) in [6.07, 6.45) is 2.54. The van der Waals surface area contributed by atoms with E-state index in [4.69, 9.17) is 10.5 Å². The number of hydrogen-bond donors (Lipinski definition) is 2. The summed E-state index contributed by atoms with van der Waals surface area (Å²) >= 11 is 0. The lowest BCUT2D eigenvalue weighted by Gasteiger charge is -2.33. The Hall–Kier alpha value is -0.0800. The van der Waals surface area contributed by atoms with Gasteiger partial charge in [-0.25, -0.2) is 0 Å². The molecule has 0 saturated carbocycles. The largest absolute Gasteiger partial charge is 0.383 e. The highest BCUT2D eigenvalue weighted by Crippen LogP contribution is 2.17. The molecule has 0 radical (unpaired) electrons. The van der Waals surface area contributed by atoms with E-state index >= 15 is 0 Å². The molecule has 1 heterocycles. The third-order valence-corrected chi connectivity index (χ3v) is 3.56. The second-order valence-electron chi connectivity index (χ2n) is 6.39. The second kappa shape index (κ2) is 11.5. The number of hydrogen-bond acceptors (Lipinski definition) is 3. The van der Waals surface area contributed by atoms with Crippen molar-refractivity contribution in [1.29, 1.82) is 0 Å². The van der Waals surface area contributed by atoms with Crippen LogP contribution in [-0.4, -0.2) is 56.8 Å². The van der Waals surface area contributed by atoms with Gasteiger partial charge in [0, 0.05) is 32.8 Å². The second-order valence-corrected chi connectivity index (χ2v) is 6.39. The minimum atomic E-state index is 0. The first kappa shape index (κ1) is 20.9. The number of piperidine rings is 1. The summed E-state index contributed by atoms with van der Waals surface area (Å²) in [6.45, 7) is 11.6. The number of likely N-dealkylation sites (tertiary alicyclic amines) is 1. The van der Waals surface area contributed by atoms with Crippen molar-refractivity contribution in [3.05, 3.63) is 0 Å². The summed E-state index contributed by atoms with van der Waals surface area (Å²) in [5.41, 5.74) is 5.91. The number of nitrogens with one attached hydrogen (secondary N) is 1. The number of guanidine groups is 1. The zero-order valence-corrected chi connectivity index (χ0v) is 16.3. The van der Waals surface area contributed by atoms with Gasteiger partial charge in [0.25, 0.3) is 0 Å². The molecule has 1 aliphatic heterocycles. The molecule has 1 fully saturated rings. The zero-order chi connectivity index (χ0) is 15.0. The van der Waals surface area contributed by atoms with Crippen LogP contribution in [0.5, 0.6) is 0 Å². The first-order chi connectivity index (χ1) is 9.51. The third kappa shape index (κ3) is 9.52. The smallest absolute Gasteiger partial charge is 0.188 e. The molecule has 0 spiro atoms. The Labute approximate surface area is 147 Å². The fourth-order valence-corrected chi connectivity index (χ4v) is 2.80. The molecular formula is C15H33IN4O. The van der Waals surface area contributed by atoms with Crippen LogP contribution in [0.4, 0.5) is 0 Å². The summed E-state index contributed by atoms with van der Waals surface area (Å²) in [4.78, 5) is 7.05. The van der Waals surface area contributed by atoms with E-state index in [9.17, 15) is 0 Å². The molecule has 21 heavy (non-hydrogen) atoms. The van der Waals surface area contributed by atoms with Gasteiger partial charge < -0.3 is 20.7 Å². The van der Waals surface area contributed by atoms with Gasteiger partial charge in [0.1, 0.15) is 0 Å². The maximum absolute atomic E-state index is 5.91. The average molecular weight is 412 g/mol. The molecule has 1 aliphatic rings. The summed E-state index contributed by atoms with van der Waals surface area (Å²) in [5.74, 6) is 1.91. The van der Waals surface area contributed by atoms with E-state index in [2.05, 4.69) is 29.1 Å². The normalized spacial score (nSPS) is 22.0. The van der Waals surface area contributed by atoms with Crippen LogP contribution in [0.25, 0.3) is 0 Å². The van der Waals surface area contributed by atoms with Crippen LogP contribution in [0.3, 0.4) is 0 Å². The third-order valence-electron chi connectivity index (χ3n) is 3.56. The highest BCUT2D eigenvalue weighted by atomic mass is 127. The minimum absolute atomic E-state index is 0. The van der Waals surface area contributed by atoms with Crippen LogP contribution in [0, 0.1) is 11.8 Å². The van der Waals surface area contributed by atoms with E-state index in [0.717, 1.165) is 19.0 Å². The Morgan fingerprint density at radius 3 is 2.76 bits per heavy atom. The number of halogens is 1. The van der Waals surface area contributed by atoms with Gasteiger partial charge in [-0.2, -0.15) is 0 Å². The number of nitrogens with zero attached hydrogens (tertiary/aromatic N) is 2. The number of ether oxygens (including phenoxy) is 1. The van der Waals surface area contributed by atoms with E-state index in [1.54, 1.807) is 7.11 Å². The topological polar surface area (TPSA) is 62.9 Å². The molecule has 126 valence electrons. The number of nitrogens with two attached hydrogens (primary N) is 1. The standard InChI is InChI=1S/C15H32N4O.HI/c1-12(2)9-19-7-5-6-14(10-19)8-17-15(16)18-13(3)11-20-4;/h12-14H,5-11H2,1-4H3,(H3,16,17,18);1H. The number of aliphatic imine (C=N–C) groups is 1. The van der Waals surface area contributed by atoms with E-state index in [-0.39, 0.29) is 30.0 Å². The van der Waals surface area contributed by atoms with Crippen molar-refractivity contribution in [2.75, 3.05) is 39.9 Å². The molecular weight excluding hydrogens is 379 g/mol. The highest BCUT2D eigenvalue weighted by molar-refractivity contribution is 14.0. The van der Waals surface area contributed by atoms with Crippen molar-refractivity contribution in [1.82, 2.24) is 10.2 Å². The number of methoxy groups -OCH3 is 1. The van der Waals surface area contributed by atoms with Gasteiger partial charge in [0.15, 0.2) is 5.96 Å². The first-order valence-corrected chi connectivity index (χ1v) is 7.79. The van der Waals surface area contributed by atoms with Crippen molar-refractivity contribution >= 4 is 29.9 Å². The molecule has 0 amide bonds. The van der Waals surface area contributed by atoms with Gasteiger partial charge in [0.2, 0.25) is 0 Å². The van der Waals surface area contributed by atoms with Crippen LogP contribution in [0.15, 0.2) is 4.99 Å². The summed E-state index contributed by atoms with van der Waals surface area (Å²) < 4.78 is 5.07. The van der Waals surface area contributed by atoms with Crippen molar-refractivity contribution in [3.8, 4) is 0 Å². The maximum atomic E-state index is 5.91. The van der Waals surface area contributed by atoms with Gasteiger partial charge in [0.05, 0.1) is 6.61 Å². The van der Waals surface area contributed by atoms with Gasteiger partial charge in [-0.3, -0.25) is 4.99 Å². The Balaban J connectivity index is 0.00000400. The van der Waals surface area contributed by atoms with Crippen molar-refractivity contribution in [2.24, 2.45) is 22.6 Å². The predicted octanol–water partition coefficient (Wildman–Crippen LogP) is 1.91. The van der Waals surface area contributed by atoms with Gasteiger partial charge in [-0.15, -0.1) is 24.0 Å². The lowest BCUT2D eigenvalue weighted by molar-refractivity contribution is 0.162. The molecule has 2 atom stereocenters. The SMILES string of the molecule is COCC(C)NC(N)=NCC1CCCN(CC(C)C)C1.I. The van der Waals surface area contributed by atoms with Gasteiger partial charge in [-0.05, 0) is 38.1 Å². The van der Waals surface area contributed by atoms with Crippen LogP contribution in [0.2, 0.25) is 0 Å². The van der Waals surface area contributed by atoms with E-state index in [1.165, 1.54) is 25.9 Å². The molecule has 2 unspecified atom stereocenters. The molecule has 5 nitrogen and oxygen atoms in total. The number of rotatable bonds is 7. The molecule has 0 aromatic carbocycles. The Kier molecular flexibility index (Phi) is 11.4. The van der Waals surface area contributed by atoms with Gasteiger partial charge >= 0.3 is 0 Å². The van der Waals surface area contributed by atoms with E-state index in [0.29, 0.717) is 18.5 Å². The molecule has 0 aliphatic carbocycles. The molecule has 0 aromatic rings. The summed E-state index contributed by atoms with van der Waals surface area (Å²) in [5, 5.41) is 3.15. The highest BCUT2D eigenvalue weighted by Gasteiger charge is 2.20. The van der Waals surface area contributed by atoms with Crippen LogP contribution in [-0.2, 0) is 4.74 Å².